The average Bonchev–Trinajstić information content (AvgIpc) is 2.25. The number of alkyl halides is 1. The van der Waals surface area contributed by atoms with Gasteiger partial charge in [0.2, 0.25) is 5.91 Å². The van der Waals surface area contributed by atoms with Gasteiger partial charge in [-0.1, -0.05) is 0 Å². The van der Waals surface area contributed by atoms with Gasteiger partial charge in [0, 0.05) is 12.3 Å². The number of carbonyl (C=O) groups is 1. The van der Waals surface area contributed by atoms with E-state index in [4.69, 9.17) is 11.6 Å². The second-order valence-electron chi connectivity index (χ2n) is 3.26. The summed E-state index contributed by atoms with van der Waals surface area (Å²) in [5.74, 6) is -0.622. The van der Waals surface area contributed by atoms with E-state index >= 15 is 0 Å². The third-order valence-corrected chi connectivity index (χ3v) is 3.90. The van der Waals surface area contributed by atoms with Crippen LogP contribution in [0.1, 0.15) is 6.42 Å². The first-order chi connectivity index (χ1) is 6.44. The van der Waals surface area contributed by atoms with Gasteiger partial charge in [0.15, 0.2) is 9.84 Å². The van der Waals surface area contributed by atoms with Crippen molar-refractivity contribution in [2.75, 3.05) is 17.4 Å². The quantitative estimate of drug-likeness (QED) is 0.614. The first-order valence-electron chi connectivity index (χ1n) is 4.18. The van der Waals surface area contributed by atoms with Gasteiger partial charge in [-0.2, -0.15) is 0 Å². The second-order valence-corrected chi connectivity index (χ2v) is 5.79. The fraction of sp³-hybridized carbons (Fsp3) is 0.857. The van der Waals surface area contributed by atoms with Crippen molar-refractivity contribution in [3.05, 3.63) is 0 Å². The van der Waals surface area contributed by atoms with E-state index in [2.05, 4.69) is 5.32 Å². The Balaban J connectivity index is 2.51. The highest BCUT2D eigenvalue weighted by atomic mass is 35.5. The standard InChI is InChI=1S/C7H12ClNO4S/c8-2-1-7(11)9-5-3-14(12,13)4-6(5)10/h5-6,10H,1-4H2,(H,9,11)/t5-,6+/m0/s1. The van der Waals surface area contributed by atoms with Crippen molar-refractivity contribution in [1.29, 1.82) is 0 Å². The minimum absolute atomic E-state index is 0.130. The molecule has 0 radical (unpaired) electrons. The molecule has 1 fully saturated rings. The van der Waals surface area contributed by atoms with E-state index in [0.717, 1.165) is 0 Å². The van der Waals surface area contributed by atoms with Crippen molar-refractivity contribution in [2.45, 2.75) is 18.6 Å². The maximum atomic E-state index is 11.1. The molecular weight excluding hydrogens is 230 g/mol. The second kappa shape index (κ2) is 4.46. The molecule has 14 heavy (non-hydrogen) atoms. The monoisotopic (exact) mass is 241 g/mol. The Hall–Kier alpha value is -0.330. The van der Waals surface area contributed by atoms with Crippen LogP contribution in [0.5, 0.6) is 0 Å². The molecule has 7 heteroatoms. The topological polar surface area (TPSA) is 83.5 Å². The predicted octanol–water partition coefficient (Wildman–Crippen LogP) is -1.11. The van der Waals surface area contributed by atoms with Gasteiger partial charge in [-0.3, -0.25) is 4.79 Å². The zero-order valence-corrected chi connectivity index (χ0v) is 9.01. The molecule has 2 N–H and O–H groups in total. The molecule has 0 aromatic carbocycles. The lowest BCUT2D eigenvalue weighted by Crippen LogP contribution is -2.42. The van der Waals surface area contributed by atoms with Crippen LogP contribution in [0.4, 0.5) is 0 Å². The molecule has 0 saturated carbocycles. The molecular formula is C7H12ClNO4S. The smallest absolute Gasteiger partial charge is 0.221 e. The van der Waals surface area contributed by atoms with Crippen molar-refractivity contribution in [3.63, 3.8) is 0 Å². The van der Waals surface area contributed by atoms with E-state index in [9.17, 15) is 18.3 Å². The summed E-state index contributed by atoms with van der Waals surface area (Å²) in [7, 11) is -3.20. The number of aliphatic hydroxyl groups is 1. The highest BCUT2D eigenvalue weighted by Crippen LogP contribution is 2.12. The molecule has 0 unspecified atom stereocenters. The highest BCUT2D eigenvalue weighted by Gasteiger charge is 2.36. The number of amides is 1. The molecule has 1 saturated heterocycles. The van der Waals surface area contributed by atoms with E-state index in [1.54, 1.807) is 0 Å². The molecule has 5 nitrogen and oxygen atoms in total. The molecule has 0 aliphatic carbocycles. The SMILES string of the molecule is O=C(CCCl)N[C@H]1CS(=O)(=O)C[C@H]1O. The van der Waals surface area contributed by atoms with Gasteiger partial charge in [0.1, 0.15) is 0 Å². The Labute approximate surface area is 87.4 Å². The Morgan fingerprint density at radius 3 is 2.57 bits per heavy atom. The molecule has 0 aromatic heterocycles. The van der Waals surface area contributed by atoms with Crippen LogP contribution < -0.4 is 5.32 Å². The fourth-order valence-corrected chi connectivity index (χ4v) is 3.24. The first kappa shape index (κ1) is 11.7. The zero-order valence-electron chi connectivity index (χ0n) is 7.44. The number of carbonyl (C=O) groups excluding carboxylic acids is 1. The highest BCUT2D eigenvalue weighted by molar-refractivity contribution is 7.91. The minimum atomic E-state index is -3.20. The summed E-state index contributed by atoms with van der Waals surface area (Å²) < 4.78 is 22.1. The van der Waals surface area contributed by atoms with Gasteiger partial charge in [0.25, 0.3) is 0 Å². The van der Waals surface area contributed by atoms with Crippen LogP contribution in [-0.4, -0.2) is 49.0 Å². The average molecular weight is 242 g/mol. The number of rotatable bonds is 3. The van der Waals surface area contributed by atoms with E-state index in [-0.39, 0.29) is 29.7 Å². The van der Waals surface area contributed by atoms with Crippen molar-refractivity contribution in [3.8, 4) is 0 Å². The third kappa shape index (κ3) is 3.11. The Kier molecular flexibility index (Phi) is 3.74. The summed E-state index contributed by atoms with van der Waals surface area (Å²) in [5.41, 5.74) is 0. The van der Waals surface area contributed by atoms with Crippen molar-refractivity contribution < 1.29 is 18.3 Å². The minimum Gasteiger partial charge on any atom is -0.390 e. The zero-order chi connectivity index (χ0) is 10.8. The lowest BCUT2D eigenvalue weighted by Gasteiger charge is -2.13. The number of halogens is 1. The van der Waals surface area contributed by atoms with E-state index in [1.807, 2.05) is 0 Å². The summed E-state index contributed by atoms with van der Waals surface area (Å²) in [6, 6.07) is -0.685. The molecule has 1 heterocycles. The summed E-state index contributed by atoms with van der Waals surface area (Å²) >= 11 is 5.33. The van der Waals surface area contributed by atoms with E-state index in [0.29, 0.717) is 0 Å². The first-order valence-corrected chi connectivity index (χ1v) is 6.54. The molecule has 2 atom stereocenters. The van der Waals surface area contributed by atoms with Gasteiger partial charge in [-0.25, -0.2) is 8.42 Å². The van der Waals surface area contributed by atoms with Crippen LogP contribution in [0, 0.1) is 0 Å². The summed E-state index contributed by atoms with van der Waals surface area (Å²) in [5, 5.41) is 11.7. The van der Waals surface area contributed by atoms with Gasteiger partial charge < -0.3 is 10.4 Å². The fourth-order valence-electron chi connectivity index (χ4n) is 1.33. The molecule has 1 aliphatic heterocycles. The van der Waals surface area contributed by atoms with Crippen molar-refractivity contribution in [2.24, 2.45) is 0 Å². The molecule has 82 valence electrons. The van der Waals surface area contributed by atoms with Crippen molar-refractivity contribution >= 4 is 27.3 Å². The number of hydrogen-bond acceptors (Lipinski definition) is 4. The Morgan fingerprint density at radius 1 is 1.50 bits per heavy atom. The maximum Gasteiger partial charge on any atom is 0.221 e. The van der Waals surface area contributed by atoms with Gasteiger partial charge in [0.05, 0.1) is 23.7 Å². The maximum absolute atomic E-state index is 11.1. The molecule has 1 amide bonds. The lowest BCUT2D eigenvalue weighted by atomic mass is 10.2. The number of hydrogen-bond donors (Lipinski definition) is 2. The summed E-state index contributed by atoms with van der Waals surface area (Å²) in [6.45, 7) is 0. The number of nitrogens with one attached hydrogen (secondary N) is 1. The van der Waals surface area contributed by atoms with Crippen LogP contribution >= 0.6 is 11.6 Å². The largest absolute Gasteiger partial charge is 0.390 e. The third-order valence-electron chi connectivity index (χ3n) is 1.99. The van der Waals surface area contributed by atoms with Crippen LogP contribution in [0.15, 0.2) is 0 Å². The van der Waals surface area contributed by atoms with E-state index < -0.39 is 22.0 Å². The number of aliphatic hydroxyl groups excluding tert-OH is 1. The Bertz CT molecular complexity index is 316. The summed E-state index contributed by atoms with van der Waals surface area (Å²) in [6.07, 6.45) is -0.871. The van der Waals surface area contributed by atoms with Gasteiger partial charge in [-0.15, -0.1) is 11.6 Å². The summed E-state index contributed by atoms with van der Waals surface area (Å²) in [4.78, 5) is 11.1. The molecule has 0 aromatic rings. The normalized spacial score (nSPS) is 30.1. The molecule has 1 aliphatic rings. The van der Waals surface area contributed by atoms with Gasteiger partial charge >= 0.3 is 0 Å². The lowest BCUT2D eigenvalue weighted by molar-refractivity contribution is -0.121. The van der Waals surface area contributed by atoms with Crippen LogP contribution in [-0.2, 0) is 14.6 Å². The molecule has 1 rings (SSSR count). The van der Waals surface area contributed by atoms with Crippen LogP contribution in [0.25, 0.3) is 0 Å². The van der Waals surface area contributed by atoms with Crippen LogP contribution in [0.3, 0.4) is 0 Å². The molecule has 0 bridgehead atoms. The van der Waals surface area contributed by atoms with Crippen LogP contribution in [0.2, 0.25) is 0 Å². The number of sulfone groups is 1. The molecule has 0 spiro atoms. The predicted molar refractivity (Wildman–Crippen MR) is 51.9 cm³/mol. The Morgan fingerprint density at radius 2 is 2.14 bits per heavy atom. The van der Waals surface area contributed by atoms with Crippen molar-refractivity contribution in [1.82, 2.24) is 5.32 Å². The van der Waals surface area contributed by atoms with Gasteiger partial charge in [-0.05, 0) is 0 Å². The van der Waals surface area contributed by atoms with E-state index in [1.165, 1.54) is 0 Å².